The fourth-order valence-electron chi connectivity index (χ4n) is 3.42. The van der Waals surface area contributed by atoms with Gasteiger partial charge in [0.05, 0.1) is 4.92 Å². The third kappa shape index (κ3) is 8.18. The van der Waals surface area contributed by atoms with E-state index in [-0.39, 0.29) is 37.9 Å². The predicted molar refractivity (Wildman–Crippen MR) is 145 cm³/mol. The minimum absolute atomic E-state index is 0.00698. The molecule has 3 N–H and O–H groups in total. The summed E-state index contributed by atoms with van der Waals surface area (Å²) in [5, 5.41) is 22.8. The van der Waals surface area contributed by atoms with Crippen molar-refractivity contribution in [2.45, 2.75) is 46.3 Å². The van der Waals surface area contributed by atoms with E-state index in [2.05, 4.69) is 18.1 Å². The van der Waals surface area contributed by atoms with Gasteiger partial charge in [0.1, 0.15) is 17.9 Å². The number of anilines is 3. The molecule has 1 aromatic carbocycles. The fraction of sp³-hybridized carbons (Fsp3) is 0.385. The van der Waals surface area contributed by atoms with Crippen LogP contribution in [0.5, 0.6) is 5.88 Å². The first-order valence-corrected chi connectivity index (χ1v) is 11.9. The number of nitrogens with two attached hydrogens (primary N) is 1. The van der Waals surface area contributed by atoms with Gasteiger partial charge >= 0.3 is 11.8 Å². The smallest absolute Gasteiger partial charge is 0.415 e. The molecule has 12 nitrogen and oxygen atoms in total. The molecule has 0 aliphatic rings. The van der Waals surface area contributed by atoms with E-state index < -0.39 is 34.5 Å². The van der Waals surface area contributed by atoms with Crippen LogP contribution in [0.1, 0.15) is 33.3 Å². The van der Waals surface area contributed by atoms with E-state index in [1.165, 1.54) is 21.9 Å². The molecule has 1 aromatic heterocycles. The van der Waals surface area contributed by atoms with E-state index >= 15 is 0 Å². The van der Waals surface area contributed by atoms with Crippen molar-refractivity contribution in [3.05, 3.63) is 71.3 Å². The molecule has 2 aromatic rings. The summed E-state index contributed by atoms with van der Waals surface area (Å²) in [6.45, 7) is 14.6. The second kappa shape index (κ2) is 13.4. The van der Waals surface area contributed by atoms with Crippen LogP contribution in [-0.4, -0.2) is 52.9 Å². The molecule has 1 heterocycles. The van der Waals surface area contributed by atoms with Gasteiger partial charge in [-0.1, -0.05) is 30.9 Å². The Kier molecular flexibility index (Phi) is 10.6. The third-order valence-electron chi connectivity index (χ3n) is 4.90. The lowest BCUT2D eigenvalue weighted by atomic mass is 10.1. The van der Waals surface area contributed by atoms with E-state index in [9.17, 15) is 20.0 Å². The molecule has 1 unspecified atom stereocenters. The van der Waals surface area contributed by atoms with Gasteiger partial charge in [-0.2, -0.15) is 4.98 Å². The Hall–Kier alpha value is -4.16. The quantitative estimate of drug-likeness (QED) is 0.165. The third-order valence-corrected chi connectivity index (χ3v) is 4.90. The lowest BCUT2D eigenvalue weighted by Gasteiger charge is -2.30. The number of ether oxygens (including phenoxy) is 3. The summed E-state index contributed by atoms with van der Waals surface area (Å²) < 4.78 is 16.3. The van der Waals surface area contributed by atoms with Gasteiger partial charge in [0.15, 0.2) is 0 Å². The number of aliphatic hydroxyl groups is 1. The van der Waals surface area contributed by atoms with Crippen LogP contribution in [0.3, 0.4) is 0 Å². The van der Waals surface area contributed by atoms with Crippen LogP contribution in [0.25, 0.3) is 0 Å². The van der Waals surface area contributed by atoms with Gasteiger partial charge in [-0.25, -0.2) is 4.79 Å². The summed E-state index contributed by atoms with van der Waals surface area (Å²) in [7, 11) is 0. The number of aromatic nitrogens is 1. The van der Waals surface area contributed by atoms with Crippen LogP contribution in [0.2, 0.25) is 0 Å². The van der Waals surface area contributed by atoms with Gasteiger partial charge in [-0.3, -0.25) is 15.0 Å². The van der Waals surface area contributed by atoms with Crippen LogP contribution in [0.15, 0.2) is 55.6 Å². The van der Waals surface area contributed by atoms with Gasteiger partial charge in [-0.15, -0.1) is 6.58 Å². The summed E-state index contributed by atoms with van der Waals surface area (Å²) in [5.41, 5.74) is 5.70. The summed E-state index contributed by atoms with van der Waals surface area (Å²) >= 11 is 0. The molecule has 0 fully saturated rings. The Bertz CT molecular complexity index is 1150. The monoisotopic (exact) mass is 529 g/mol. The number of nitrogens with zero attached hydrogens (tertiary/aromatic N) is 4. The van der Waals surface area contributed by atoms with Crippen molar-refractivity contribution in [2.24, 2.45) is 0 Å². The number of aliphatic hydroxyl groups excluding tert-OH is 1. The van der Waals surface area contributed by atoms with Crippen molar-refractivity contribution in [3.63, 3.8) is 0 Å². The van der Waals surface area contributed by atoms with Crippen LogP contribution < -0.4 is 20.3 Å². The molecule has 206 valence electrons. The molecule has 0 spiro atoms. The molecule has 0 bridgehead atoms. The topological polar surface area (TPSA) is 154 Å². The molecule has 1 atom stereocenters. The lowest BCUT2D eigenvalue weighted by molar-refractivity contribution is -0.383. The highest BCUT2D eigenvalue weighted by atomic mass is 16.6. The first-order valence-electron chi connectivity index (χ1n) is 11.9. The Morgan fingerprint density at radius 1 is 1.29 bits per heavy atom. The van der Waals surface area contributed by atoms with Gasteiger partial charge in [0, 0.05) is 31.5 Å². The van der Waals surface area contributed by atoms with Crippen molar-refractivity contribution in [1.82, 2.24) is 4.98 Å². The van der Waals surface area contributed by atoms with E-state index in [0.717, 1.165) is 0 Å². The molecule has 0 aliphatic carbocycles. The molecule has 38 heavy (non-hydrogen) atoms. The SMILES string of the molecule is C=CCOc1cc(N(Cc2cccc(N(CC=C)C(=O)OC(C)(C)C)c2)C(O)OCC)c([N+](=O)[O-])c(N)n1. The Morgan fingerprint density at radius 2 is 2.00 bits per heavy atom. The van der Waals surface area contributed by atoms with Crippen LogP contribution in [0.4, 0.5) is 27.7 Å². The predicted octanol–water partition coefficient (Wildman–Crippen LogP) is 4.38. The minimum atomic E-state index is -1.58. The number of hydrogen-bond acceptors (Lipinski definition) is 10. The Morgan fingerprint density at radius 3 is 2.58 bits per heavy atom. The molecule has 0 radical (unpaired) electrons. The molecule has 0 saturated carbocycles. The van der Waals surface area contributed by atoms with Crippen LogP contribution in [0, 0.1) is 10.1 Å². The number of rotatable bonds is 13. The average Bonchev–Trinajstić information content (AvgIpc) is 2.83. The summed E-state index contributed by atoms with van der Waals surface area (Å²) in [6, 6.07) is 8.17. The number of hydrogen-bond donors (Lipinski definition) is 2. The van der Waals surface area contributed by atoms with Crippen molar-refractivity contribution < 1.29 is 29.0 Å². The number of carbonyl (C=O) groups excluding carboxylic acids is 1. The second-order valence-corrected chi connectivity index (χ2v) is 9.03. The van der Waals surface area contributed by atoms with Crippen molar-refractivity contribution in [2.75, 3.05) is 35.3 Å². The zero-order valence-corrected chi connectivity index (χ0v) is 22.1. The molecule has 0 aliphatic heterocycles. The highest BCUT2D eigenvalue weighted by Crippen LogP contribution is 2.37. The summed E-state index contributed by atoms with van der Waals surface area (Å²) in [6.07, 6.45) is 0.904. The van der Waals surface area contributed by atoms with Gasteiger partial charge < -0.3 is 30.0 Å². The van der Waals surface area contributed by atoms with E-state index in [1.54, 1.807) is 58.0 Å². The van der Waals surface area contributed by atoms with Crippen LogP contribution in [-0.2, 0) is 16.0 Å². The first kappa shape index (κ1) is 30.1. The molecule has 2 rings (SSSR count). The number of nitrogen functional groups attached to an aromatic ring is 1. The number of carbonyl (C=O) groups is 1. The van der Waals surface area contributed by atoms with Crippen LogP contribution >= 0.6 is 0 Å². The van der Waals surface area contributed by atoms with Crippen molar-refractivity contribution >= 4 is 29.0 Å². The van der Waals surface area contributed by atoms with E-state index in [1.807, 2.05) is 0 Å². The molecule has 1 amide bonds. The molecule has 0 saturated heterocycles. The normalized spacial score (nSPS) is 11.8. The average molecular weight is 530 g/mol. The Labute approximate surface area is 222 Å². The number of pyridine rings is 1. The van der Waals surface area contributed by atoms with Gasteiger partial charge in [0.25, 0.3) is 0 Å². The largest absolute Gasteiger partial charge is 0.473 e. The number of amides is 1. The van der Waals surface area contributed by atoms with Gasteiger partial charge in [0.2, 0.25) is 18.1 Å². The molecular weight excluding hydrogens is 494 g/mol. The lowest BCUT2D eigenvalue weighted by Crippen LogP contribution is -2.38. The second-order valence-electron chi connectivity index (χ2n) is 9.03. The fourth-order valence-corrected chi connectivity index (χ4v) is 3.42. The molecular formula is C26H35N5O7. The Balaban J connectivity index is 2.57. The van der Waals surface area contributed by atoms with Crippen molar-refractivity contribution in [1.29, 1.82) is 0 Å². The van der Waals surface area contributed by atoms with Crippen molar-refractivity contribution in [3.8, 4) is 5.88 Å². The maximum Gasteiger partial charge on any atom is 0.415 e. The standard InChI is InChI=1S/C26H35N5O7/c1-7-13-29(25(33)38-26(4,5)6)19-12-10-11-18(15-19)17-30(24(32)36-9-3)20-16-21(37-14-8-2)28-23(27)22(20)31(34)35/h7-8,10-12,15-16,24,32H,1-2,9,13-14,17H2,3-6H3,(H2,27,28). The highest BCUT2D eigenvalue weighted by Gasteiger charge is 2.30. The molecule has 12 heteroatoms. The number of benzene rings is 1. The minimum Gasteiger partial charge on any atom is -0.473 e. The zero-order chi connectivity index (χ0) is 28.5. The summed E-state index contributed by atoms with van der Waals surface area (Å²) in [5.74, 6) is -0.386. The zero-order valence-electron chi connectivity index (χ0n) is 22.1. The van der Waals surface area contributed by atoms with Gasteiger partial charge in [-0.05, 0) is 45.4 Å². The van der Waals surface area contributed by atoms with E-state index in [4.69, 9.17) is 19.9 Å². The highest BCUT2D eigenvalue weighted by molar-refractivity contribution is 5.88. The summed E-state index contributed by atoms with van der Waals surface area (Å²) in [4.78, 5) is 30.7. The first-order chi connectivity index (χ1) is 17.9. The maximum absolute atomic E-state index is 12.8. The maximum atomic E-state index is 12.8. The van der Waals surface area contributed by atoms with E-state index in [0.29, 0.717) is 11.3 Å². The number of nitro groups is 1.